The zero-order valence-electron chi connectivity index (χ0n) is 16.2. The fourth-order valence-corrected chi connectivity index (χ4v) is 3.38. The van der Waals surface area contributed by atoms with Crippen molar-refractivity contribution in [3.63, 3.8) is 0 Å². The van der Waals surface area contributed by atoms with Gasteiger partial charge in [0.1, 0.15) is 25.8 Å². The Morgan fingerprint density at radius 2 is 1.76 bits per heavy atom. The molecule has 150 valence electrons. The number of rotatable bonds is 4. The van der Waals surface area contributed by atoms with Gasteiger partial charge in [-0.05, 0) is 38.1 Å². The van der Waals surface area contributed by atoms with Gasteiger partial charge in [0.25, 0.3) is 5.91 Å². The molecule has 0 saturated carbocycles. The number of carbonyl (C=O) groups is 3. The molecule has 8 heteroatoms. The number of hydrogen-bond acceptors (Lipinski definition) is 5. The Balaban J connectivity index is 1.46. The van der Waals surface area contributed by atoms with Gasteiger partial charge in [0.2, 0.25) is 5.91 Å². The predicted octanol–water partition coefficient (Wildman–Crippen LogP) is 2.56. The Morgan fingerprint density at radius 1 is 1.07 bits per heavy atom. The van der Waals surface area contributed by atoms with Crippen molar-refractivity contribution in [3.05, 3.63) is 48.0 Å². The van der Waals surface area contributed by atoms with Gasteiger partial charge in [-0.15, -0.1) is 0 Å². The van der Waals surface area contributed by atoms with Gasteiger partial charge < -0.3 is 14.8 Å². The van der Waals surface area contributed by atoms with Gasteiger partial charge in [0, 0.05) is 17.4 Å². The normalized spacial score (nSPS) is 18.2. The van der Waals surface area contributed by atoms with Crippen molar-refractivity contribution in [1.29, 1.82) is 0 Å². The molecular formula is C21H21N3O5. The van der Waals surface area contributed by atoms with E-state index in [1.165, 1.54) is 4.90 Å². The van der Waals surface area contributed by atoms with Crippen LogP contribution in [0, 0.1) is 6.92 Å². The second kappa shape index (κ2) is 7.46. The molecule has 2 aromatic carbocycles. The van der Waals surface area contributed by atoms with E-state index in [1.807, 2.05) is 19.1 Å². The third-order valence-corrected chi connectivity index (χ3v) is 4.89. The van der Waals surface area contributed by atoms with Crippen LogP contribution < -0.4 is 19.7 Å². The first-order valence-electron chi connectivity index (χ1n) is 9.35. The van der Waals surface area contributed by atoms with Crippen LogP contribution in [0.1, 0.15) is 12.5 Å². The Labute approximate surface area is 168 Å². The van der Waals surface area contributed by atoms with Gasteiger partial charge in [-0.1, -0.05) is 17.7 Å². The van der Waals surface area contributed by atoms with E-state index in [2.05, 4.69) is 5.32 Å². The molecule has 2 aromatic rings. The quantitative estimate of drug-likeness (QED) is 0.804. The molecule has 0 unspecified atom stereocenters. The molecular weight excluding hydrogens is 374 g/mol. The lowest BCUT2D eigenvalue weighted by atomic mass is 10.2. The number of hydrogen-bond donors (Lipinski definition) is 1. The molecule has 1 atom stereocenters. The standard InChI is InChI=1S/C21H21N3O5/c1-13-3-6-16(7-4-13)24-14(2)20(26)23(21(24)27)12-19(25)22-15-5-8-17-18(11-15)29-10-9-28-17/h3-8,11,14H,9-10,12H2,1-2H3,(H,22,25)/t14-/m0/s1. The molecule has 0 radical (unpaired) electrons. The van der Waals surface area contributed by atoms with Crippen molar-refractivity contribution in [2.24, 2.45) is 0 Å². The molecule has 1 saturated heterocycles. The van der Waals surface area contributed by atoms with Crippen LogP contribution in [0.5, 0.6) is 11.5 Å². The lowest BCUT2D eigenvalue weighted by Gasteiger charge is -2.20. The summed E-state index contributed by atoms with van der Waals surface area (Å²) in [4.78, 5) is 40.2. The molecule has 2 aliphatic rings. The first-order valence-corrected chi connectivity index (χ1v) is 9.35. The van der Waals surface area contributed by atoms with Crippen LogP contribution >= 0.6 is 0 Å². The number of anilines is 2. The van der Waals surface area contributed by atoms with Crippen molar-refractivity contribution >= 4 is 29.2 Å². The van der Waals surface area contributed by atoms with Gasteiger partial charge in [-0.2, -0.15) is 0 Å². The van der Waals surface area contributed by atoms with Crippen LogP contribution in [0.15, 0.2) is 42.5 Å². The van der Waals surface area contributed by atoms with Crippen LogP contribution in [0.2, 0.25) is 0 Å². The summed E-state index contributed by atoms with van der Waals surface area (Å²) in [6.07, 6.45) is 0. The molecule has 1 fully saturated rings. The van der Waals surface area contributed by atoms with E-state index in [0.29, 0.717) is 36.1 Å². The second-order valence-electron chi connectivity index (χ2n) is 7.00. The summed E-state index contributed by atoms with van der Waals surface area (Å²) in [7, 11) is 0. The highest BCUT2D eigenvalue weighted by atomic mass is 16.6. The van der Waals surface area contributed by atoms with Crippen molar-refractivity contribution in [3.8, 4) is 11.5 Å². The van der Waals surface area contributed by atoms with Gasteiger partial charge in [-0.3, -0.25) is 19.4 Å². The molecule has 4 amide bonds. The first-order chi connectivity index (χ1) is 13.9. The first kappa shape index (κ1) is 18.8. The van der Waals surface area contributed by atoms with E-state index >= 15 is 0 Å². The number of nitrogens with zero attached hydrogens (tertiary/aromatic N) is 2. The largest absolute Gasteiger partial charge is 0.486 e. The van der Waals surface area contributed by atoms with Crippen LogP contribution in [0.3, 0.4) is 0 Å². The van der Waals surface area contributed by atoms with E-state index < -0.39 is 23.9 Å². The topological polar surface area (TPSA) is 88.2 Å². The van der Waals surface area contributed by atoms with Gasteiger partial charge in [-0.25, -0.2) is 4.79 Å². The summed E-state index contributed by atoms with van der Waals surface area (Å²) in [5.41, 5.74) is 2.17. The van der Waals surface area contributed by atoms with Crippen molar-refractivity contribution in [2.45, 2.75) is 19.9 Å². The maximum atomic E-state index is 12.8. The van der Waals surface area contributed by atoms with E-state index in [9.17, 15) is 14.4 Å². The number of benzene rings is 2. The number of aryl methyl sites for hydroxylation is 1. The van der Waals surface area contributed by atoms with Crippen LogP contribution in [0.4, 0.5) is 16.2 Å². The highest BCUT2D eigenvalue weighted by molar-refractivity contribution is 6.16. The Morgan fingerprint density at radius 3 is 2.48 bits per heavy atom. The van der Waals surface area contributed by atoms with Gasteiger partial charge in [0.15, 0.2) is 11.5 Å². The summed E-state index contributed by atoms with van der Waals surface area (Å²) in [6, 6.07) is 11.2. The average molecular weight is 395 g/mol. The minimum Gasteiger partial charge on any atom is -0.486 e. The van der Waals surface area contributed by atoms with Crippen molar-refractivity contribution < 1.29 is 23.9 Å². The summed E-state index contributed by atoms with van der Waals surface area (Å²) in [5.74, 6) is 0.275. The third-order valence-electron chi connectivity index (χ3n) is 4.89. The van der Waals surface area contributed by atoms with E-state index in [4.69, 9.17) is 9.47 Å². The number of ether oxygens (including phenoxy) is 2. The van der Waals surface area contributed by atoms with E-state index in [-0.39, 0.29) is 6.54 Å². The van der Waals surface area contributed by atoms with Gasteiger partial charge >= 0.3 is 6.03 Å². The van der Waals surface area contributed by atoms with E-state index in [0.717, 1.165) is 10.5 Å². The molecule has 0 bridgehead atoms. The molecule has 8 nitrogen and oxygen atoms in total. The summed E-state index contributed by atoms with van der Waals surface area (Å²) < 4.78 is 10.9. The van der Waals surface area contributed by atoms with Gasteiger partial charge in [0.05, 0.1) is 0 Å². The highest BCUT2D eigenvalue weighted by Crippen LogP contribution is 2.32. The molecule has 1 N–H and O–H groups in total. The molecule has 2 heterocycles. The molecule has 0 aliphatic carbocycles. The molecule has 0 spiro atoms. The lowest BCUT2D eigenvalue weighted by molar-refractivity contribution is -0.130. The number of fused-ring (bicyclic) bond motifs is 1. The van der Waals surface area contributed by atoms with Crippen molar-refractivity contribution in [1.82, 2.24) is 4.90 Å². The number of carbonyl (C=O) groups excluding carboxylic acids is 3. The zero-order chi connectivity index (χ0) is 20.5. The third kappa shape index (κ3) is 3.61. The van der Waals surface area contributed by atoms with E-state index in [1.54, 1.807) is 37.3 Å². The maximum absolute atomic E-state index is 12.8. The predicted molar refractivity (Wildman–Crippen MR) is 106 cm³/mol. The number of amides is 4. The van der Waals surface area contributed by atoms with Crippen LogP contribution in [0.25, 0.3) is 0 Å². The zero-order valence-corrected chi connectivity index (χ0v) is 16.2. The Bertz CT molecular complexity index is 973. The summed E-state index contributed by atoms with van der Waals surface area (Å²) in [5, 5.41) is 2.70. The molecule has 2 aliphatic heterocycles. The summed E-state index contributed by atoms with van der Waals surface area (Å²) in [6.45, 7) is 4.15. The second-order valence-corrected chi connectivity index (χ2v) is 7.00. The highest BCUT2D eigenvalue weighted by Gasteiger charge is 2.44. The summed E-state index contributed by atoms with van der Waals surface area (Å²) >= 11 is 0. The number of nitrogens with one attached hydrogen (secondary N) is 1. The SMILES string of the molecule is Cc1ccc(N2C(=O)N(CC(=O)Nc3ccc4c(c3)OCCO4)C(=O)[C@@H]2C)cc1. The molecule has 4 rings (SSSR count). The van der Waals surface area contributed by atoms with Crippen LogP contribution in [-0.4, -0.2) is 48.5 Å². The smallest absolute Gasteiger partial charge is 0.332 e. The minimum atomic E-state index is -0.674. The lowest BCUT2D eigenvalue weighted by Crippen LogP contribution is -2.39. The Kier molecular flexibility index (Phi) is 4.84. The fraction of sp³-hybridized carbons (Fsp3) is 0.286. The maximum Gasteiger partial charge on any atom is 0.332 e. The molecule has 29 heavy (non-hydrogen) atoms. The Hall–Kier alpha value is -3.55. The molecule has 0 aromatic heterocycles. The average Bonchev–Trinajstić information content (AvgIpc) is 2.92. The monoisotopic (exact) mass is 395 g/mol. The van der Waals surface area contributed by atoms with Crippen LogP contribution in [-0.2, 0) is 9.59 Å². The minimum absolute atomic E-state index is 0.362. The fourth-order valence-electron chi connectivity index (χ4n) is 3.38. The number of urea groups is 1. The van der Waals surface area contributed by atoms with Crippen molar-refractivity contribution in [2.75, 3.05) is 30.0 Å². The number of imide groups is 1.